The van der Waals surface area contributed by atoms with Gasteiger partial charge in [0.2, 0.25) is 0 Å². The van der Waals surface area contributed by atoms with Crippen LogP contribution in [0.1, 0.15) is 10.4 Å². The van der Waals surface area contributed by atoms with E-state index in [1.54, 1.807) is 15.8 Å². The van der Waals surface area contributed by atoms with Crippen LogP contribution in [-0.2, 0) is 4.74 Å². The zero-order chi connectivity index (χ0) is 13.2. The Morgan fingerprint density at radius 3 is 2.84 bits per heavy atom. The summed E-state index contributed by atoms with van der Waals surface area (Å²) < 4.78 is 6.50. The Labute approximate surface area is 109 Å². The van der Waals surface area contributed by atoms with Crippen molar-refractivity contribution in [3.05, 3.63) is 42.2 Å². The minimum absolute atomic E-state index is 0.341. The molecule has 6 nitrogen and oxygen atoms in total. The largest absolute Gasteiger partial charge is 0.447 e. The maximum Gasteiger partial charge on any atom is 0.414 e. The molecule has 1 saturated heterocycles. The summed E-state index contributed by atoms with van der Waals surface area (Å²) in [5, 5.41) is 4.09. The minimum Gasteiger partial charge on any atom is -0.447 e. The Morgan fingerprint density at radius 2 is 2.16 bits per heavy atom. The van der Waals surface area contributed by atoms with E-state index < -0.39 is 0 Å². The van der Waals surface area contributed by atoms with Gasteiger partial charge in [0.1, 0.15) is 6.61 Å². The van der Waals surface area contributed by atoms with E-state index in [0.29, 0.717) is 18.7 Å². The fourth-order valence-electron chi connectivity index (χ4n) is 1.97. The molecule has 1 aromatic heterocycles. The standard InChI is InChI=1S/C13H11N3O3/c17-9-10-7-14-16(8-10)12-3-1-2-11(6-12)15-4-5-19-13(15)18/h1-3,6-9H,4-5H2. The highest BCUT2D eigenvalue weighted by Crippen LogP contribution is 2.21. The maximum atomic E-state index is 11.5. The van der Waals surface area contributed by atoms with Gasteiger partial charge < -0.3 is 4.74 Å². The number of carbonyl (C=O) groups excluding carboxylic acids is 2. The quantitative estimate of drug-likeness (QED) is 0.784. The number of hydrogen-bond donors (Lipinski definition) is 0. The number of cyclic esters (lactones) is 1. The first-order valence-corrected chi connectivity index (χ1v) is 5.82. The molecule has 0 saturated carbocycles. The van der Waals surface area contributed by atoms with Crippen LogP contribution in [0, 0.1) is 0 Å². The van der Waals surface area contributed by atoms with E-state index >= 15 is 0 Å². The Balaban J connectivity index is 1.95. The monoisotopic (exact) mass is 257 g/mol. The predicted molar refractivity (Wildman–Crippen MR) is 67.6 cm³/mol. The number of anilines is 1. The third-order valence-electron chi connectivity index (χ3n) is 2.91. The van der Waals surface area contributed by atoms with Crippen LogP contribution in [0.4, 0.5) is 10.5 Å². The molecule has 0 atom stereocenters. The molecule has 1 fully saturated rings. The average molecular weight is 257 g/mol. The molecule has 1 aliphatic rings. The first-order valence-electron chi connectivity index (χ1n) is 5.82. The molecule has 2 heterocycles. The highest BCUT2D eigenvalue weighted by molar-refractivity contribution is 5.89. The van der Waals surface area contributed by atoms with E-state index in [9.17, 15) is 9.59 Å². The summed E-state index contributed by atoms with van der Waals surface area (Å²) in [6, 6.07) is 7.35. The molecular weight excluding hydrogens is 246 g/mol. The first kappa shape index (κ1) is 11.5. The van der Waals surface area contributed by atoms with Crippen LogP contribution in [0.2, 0.25) is 0 Å². The highest BCUT2D eigenvalue weighted by Gasteiger charge is 2.23. The highest BCUT2D eigenvalue weighted by atomic mass is 16.6. The van der Waals surface area contributed by atoms with Gasteiger partial charge in [-0.2, -0.15) is 5.10 Å². The van der Waals surface area contributed by atoms with Gasteiger partial charge >= 0.3 is 6.09 Å². The van der Waals surface area contributed by atoms with Crippen LogP contribution in [0.3, 0.4) is 0 Å². The van der Waals surface area contributed by atoms with Gasteiger partial charge in [-0.15, -0.1) is 0 Å². The molecule has 0 N–H and O–H groups in total. The van der Waals surface area contributed by atoms with Gasteiger partial charge in [-0.1, -0.05) is 6.07 Å². The molecule has 0 aliphatic carbocycles. The van der Waals surface area contributed by atoms with Gasteiger partial charge in [0, 0.05) is 11.9 Å². The van der Waals surface area contributed by atoms with E-state index in [4.69, 9.17) is 4.74 Å². The van der Waals surface area contributed by atoms with E-state index in [-0.39, 0.29) is 6.09 Å². The van der Waals surface area contributed by atoms with Crippen molar-refractivity contribution in [1.82, 2.24) is 9.78 Å². The Hall–Kier alpha value is -2.63. The van der Waals surface area contributed by atoms with E-state index in [0.717, 1.165) is 17.7 Å². The fourth-order valence-corrected chi connectivity index (χ4v) is 1.97. The van der Waals surface area contributed by atoms with E-state index in [1.807, 2.05) is 24.3 Å². The zero-order valence-electron chi connectivity index (χ0n) is 10.0. The van der Waals surface area contributed by atoms with Crippen molar-refractivity contribution < 1.29 is 14.3 Å². The molecule has 0 spiro atoms. The molecule has 0 unspecified atom stereocenters. The first-order chi connectivity index (χ1) is 9.28. The lowest BCUT2D eigenvalue weighted by Gasteiger charge is -2.13. The van der Waals surface area contributed by atoms with Crippen LogP contribution in [0.15, 0.2) is 36.7 Å². The van der Waals surface area contributed by atoms with Gasteiger partial charge in [0.15, 0.2) is 6.29 Å². The molecule has 96 valence electrons. The summed E-state index contributed by atoms with van der Waals surface area (Å²) in [6.45, 7) is 0.946. The number of amides is 1. The minimum atomic E-state index is -0.341. The summed E-state index contributed by atoms with van der Waals surface area (Å²) in [5.41, 5.74) is 2.04. The van der Waals surface area contributed by atoms with Gasteiger partial charge in [0.05, 0.1) is 24.0 Å². The number of benzene rings is 1. The molecule has 6 heteroatoms. The van der Waals surface area contributed by atoms with Crippen LogP contribution >= 0.6 is 0 Å². The van der Waals surface area contributed by atoms with Crippen molar-refractivity contribution in [3.8, 4) is 5.69 Å². The lowest BCUT2D eigenvalue weighted by Crippen LogP contribution is -2.23. The van der Waals surface area contributed by atoms with Crippen molar-refractivity contribution in [2.45, 2.75) is 0 Å². The van der Waals surface area contributed by atoms with Crippen molar-refractivity contribution in [2.24, 2.45) is 0 Å². The van der Waals surface area contributed by atoms with Gasteiger partial charge in [-0.3, -0.25) is 9.69 Å². The SMILES string of the molecule is O=Cc1cnn(-c2cccc(N3CCOC3=O)c2)c1. The van der Waals surface area contributed by atoms with Gasteiger partial charge in [-0.25, -0.2) is 9.48 Å². The van der Waals surface area contributed by atoms with E-state index in [2.05, 4.69) is 5.10 Å². The normalized spacial score (nSPS) is 14.5. The molecule has 0 bridgehead atoms. The number of aromatic nitrogens is 2. The van der Waals surface area contributed by atoms with Gasteiger partial charge in [-0.05, 0) is 18.2 Å². The molecule has 2 aromatic rings. The zero-order valence-corrected chi connectivity index (χ0v) is 10.0. The second-order valence-electron chi connectivity index (χ2n) is 4.12. The summed E-state index contributed by atoms with van der Waals surface area (Å²) in [6.07, 6.45) is 3.52. The number of rotatable bonds is 3. The van der Waals surface area contributed by atoms with Crippen LogP contribution < -0.4 is 4.90 Å². The Kier molecular flexibility index (Phi) is 2.75. The molecule has 1 aromatic carbocycles. The molecule has 19 heavy (non-hydrogen) atoms. The summed E-state index contributed by atoms with van der Waals surface area (Å²) in [7, 11) is 0. The number of carbonyl (C=O) groups is 2. The lowest BCUT2D eigenvalue weighted by atomic mass is 10.2. The van der Waals surface area contributed by atoms with Crippen molar-refractivity contribution in [2.75, 3.05) is 18.1 Å². The molecular formula is C13H11N3O3. The molecule has 3 rings (SSSR count). The van der Waals surface area contributed by atoms with E-state index in [1.165, 1.54) is 6.20 Å². The Bertz CT molecular complexity index is 636. The number of ether oxygens (including phenoxy) is 1. The third kappa shape index (κ3) is 2.08. The summed E-state index contributed by atoms with van der Waals surface area (Å²) in [5.74, 6) is 0. The number of hydrogen-bond acceptors (Lipinski definition) is 4. The smallest absolute Gasteiger partial charge is 0.414 e. The van der Waals surface area contributed by atoms with Crippen LogP contribution in [0.25, 0.3) is 5.69 Å². The second kappa shape index (κ2) is 4.56. The predicted octanol–water partition coefficient (Wildman–Crippen LogP) is 1.64. The maximum absolute atomic E-state index is 11.5. The van der Waals surface area contributed by atoms with Crippen molar-refractivity contribution in [3.63, 3.8) is 0 Å². The molecule has 1 aliphatic heterocycles. The number of nitrogens with zero attached hydrogens (tertiary/aromatic N) is 3. The summed E-state index contributed by atoms with van der Waals surface area (Å²) >= 11 is 0. The average Bonchev–Trinajstić information content (AvgIpc) is 3.07. The van der Waals surface area contributed by atoms with Crippen LogP contribution in [0.5, 0.6) is 0 Å². The second-order valence-corrected chi connectivity index (χ2v) is 4.12. The van der Waals surface area contributed by atoms with Crippen molar-refractivity contribution >= 4 is 18.1 Å². The van der Waals surface area contributed by atoms with Crippen molar-refractivity contribution in [1.29, 1.82) is 0 Å². The third-order valence-corrected chi connectivity index (χ3v) is 2.91. The molecule has 1 amide bonds. The summed E-state index contributed by atoms with van der Waals surface area (Å²) in [4.78, 5) is 23.7. The topological polar surface area (TPSA) is 64.4 Å². The molecule has 0 radical (unpaired) electrons. The fraction of sp³-hybridized carbons (Fsp3) is 0.154. The number of aldehydes is 1. The van der Waals surface area contributed by atoms with Crippen LogP contribution in [-0.4, -0.2) is 35.3 Å². The van der Waals surface area contributed by atoms with Gasteiger partial charge in [0.25, 0.3) is 0 Å². The lowest BCUT2D eigenvalue weighted by molar-refractivity contribution is 0.112. The Morgan fingerprint density at radius 1 is 1.32 bits per heavy atom.